The Morgan fingerprint density at radius 2 is 0.625 bits per heavy atom. The van der Waals surface area contributed by atoms with Crippen LogP contribution in [0.4, 0.5) is 34.1 Å². The fourth-order valence-electron chi connectivity index (χ4n) is 8.47. The van der Waals surface area contributed by atoms with Crippen molar-refractivity contribution in [1.82, 2.24) is 0 Å². The van der Waals surface area contributed by atoms with E-state index in [2.05, 4.69) is 228 Å². The van der Waals surface area contributed by atoms with E-state index in [0.717, 1.165) is 67.9 Å². The van der Waals surface area contributed by atoms with Crippen molar-refractivity contribution in [3.8, 4) is 11.5 Å². The lowest BCUT2D eigenvalue weighted by Crippen LogP contribution is -2.10. The van der Waals surface area contributed by atoms with Gasteiger partial charge in [0.05, 0.1) is 25.6 Å². The van der Waals surface area contributed by atoms with Crippen LogP contribution in [0.2, 0.25) is 0 Å². The minimum absolute atomic E-state index is 0.832. The summed E-state index contributed by atoms with van der Waals surface area (Å²) in [5.74, 6) is 1.66. The number of ether oxygens (including phenoxy) is 2. The number of benzene rings is 10. The molecule has 0 spiro atoms. The minimum atomic E-state index is 0.832. The minimum Gasteiger partial charge on any atom is -0.497 e. The largest absolute Gasteiger partial charge is 0.497 e. The SMILES string of the molecule is COc1ccc(N(c2ccc(C=Cc3ccc4cc(C=Cc5ccc(N(c6ccc(OC)cc6)c6cccc7ccccc67)cc5)ccc4c3)cc2)c2cccc3ccccc23)cc1. The zero-order valence-electron chi connectivity index (χ0n) is 35.8. The Morgan fingerprint density at radius 1 is 0.297 bits per heavy atom. The Hall–Kier alpha value is -8.34. The van der Waals surface area contributed by atoms with Crippen LogP contribution in [-0.2, 0) is 0 Å². The van der Waals surface area contributed by atoms with E-state index in [-0.39, 0.29) is 0 Å². The zero-order chi connectivity index (χ0) is 43.2. The van der Waals surface area contributed by atoms with Crippen LogP contribution < -0.4 is 19.3 Å². The van der Waals surface area contributed by atoms with Gasteiger partial charge in [-0.1, -0.05) is 146 Å². The summed E-state index contributed by atoms with van der Waals surface area (Å²) in [4.78, 5) is 4.62. The van der Waals surface area contributed by atoms with Crippen LogP contribution in [0.3, 0.4) is 0 Å². The summed E-state index contributed by atoms with van der Waals surface area (Å²) in [5, 5.41) is 7.21. The number of hydrogen-bond acceptors (Lipinski definition) is 4. The van der Waals surface area contributed by atoms with E-state index in [4.69, 9.17) is 9.47 Å². The van der Waals surface area contributed by atoms with Gasteiger partial charge in [-0.2, -0.15) is 0 Å². The number of anilines is 6. The van der Waals surface area contributed by atoms with Crippen LogP contribution in [0.5, 0.6) is 11.5 Å². The number of fused-ring (bicyclic) bond motifs is 3. The Labute approximate surface area is 374 Å². The first-order valence-corrected chi connectivity index (χ1v) is 21.5. The van der Waals surface area contributed by atoms with Crippen LogP contribution in [0.15, 0.2) is 218 Å². The summed E-state index contributed by atoms with van der Waals surface area (Å²) in [7, 11) is 3.40. The molecule has 0 saturated heterocycles. The first-order valence-electron chi connectivity index (χ1n) is 21.5. The van der Waals surface area contributed by atoms with Gasteiger partial charge in [-0.25, -0.2) is 0 Å². The van der Waals surface area contributed by atoms with Crippen LogP contribution in [0.1, 0.15) is 22.3 Å². The summed E-state index contributed by atoms with van der Waals surface area (Å²) in [5.41, 5.74) is 11.1. The predicted molar refractivity (Wildman–Crippen MR) is 272 cm³/mol. The fraction of sp³-hybridized carbons (Fsp3) is 0.0333. The van der Waals surface area contributed by atoms with Crippen LogP contribution in [0, 0.1) is 0 Å². The van der Waals surface area contributed by atoms with Crippen LogP contribution in [-0.4, -0.2) is 14.2 Å². The van der Waals surface area contributed by atoms with Crippen molar-refractivity contribution in [2.45, 2.75) is 0 Å². The molecule has 0 unspecified atom stereocenters. The molecule has 4 nitrogen and oxygen atoms in total. The van der Waals surface area contributed by atoms with Gasteiger partial charge in [0.25, 0.3) is 0 Å². The molecule has 0 aromatic heterocycles. The molecule has 0 aliphatic rings. The highest BCUT2D eigenvalue weighted by atomic mass is 16.5. The van der Waals surface area contributed by atoms with Gasteiger partial charge < -0.3 is 19.3 Å². The summed E-state index contributed by atoms with van der Waals surface area (Å²) < 4.78 is 10.9. The third-order valence-electron chi connectivity index (χ3n) is 11.8. The Kier molecular flexibility index (Phi) is 11.2. The van der Waals surface area contributed by atoms with Gasteiger partial charge >= 0.3 is 0 Å². The Bertz CT molecular complexity index is 3050. The van der Waals surface area contributed by atoms with E-state index in [1.54, 1.807) is 14.2 Å². The molecule has 0 aliphatic carbocycles. The van der Waals surface area contributed by atoms with Crippen LogP contribution in [0.25, 0.3) is 56.6 Å². The normalized spacial score (nSPS) is 11.5. The van der Waals surface area contributed by atoms with E-state index in [9.17, 15) is 0 Å². The van der Waals surface area contributed by atoms with Gasteiger partial charge in [0.15, 0.2) is 0 Å². The molecule has 0 aliphatic heterocycles. The average Bonchev–Trinajstić information content (AvgIpc) is 3.36. The average molecular weight is 827 g/mol. The van der Waals surface area contributed by atoms with E-state index in [0.29, 0.717) is 0 Å². The van der Waals surface area contributed by atoms with Crippen molar-refractivity contribution in [1.29, 1.82) is 0 Å². The van der Waals surface area contributed by atoms with Crippen molar-refractivity contribution in [2.24, 2.45) is 0 Å². The van der Waals surface area contributed by atoms with E-state index in [1.165, 1.54) is 32.3 Å². The first kappa shape index (κ1) is 39.8. The maximum absolute atomic E-state index is 5.47. The van der Waals surface area contributed by atoms with Crippen molar-refractivity contribution >= 4 is 90.7 Å². The quantitative estimate of drug-likeness (QED) is 0.115. The first-order chi connectivity index (χ1) is 31.6. The van der Waals surface area contributed by atoms with E-state index >= 15 is 0 Å². The third-order valence-corrected chi connectivity index (χ3v) is 11.8. The molecule has 0 amide bonds. The Balaban J connectivity index is 0.855. The molecule has 10 aromatic rings. The molecule has 0 N–H and O–H groups in total. The van der Waals surface area contributed by atoms with E-state index < -0.39 is 0 Å². The molecule has 10 rings (SSSR count). The summed E-state index contributed by atoms with van der Waals surface area (Å²) in [6, 6.07) is 77.3. The summed E-state index contributed by atoms with van der Waals surface area (Å²) >= 11 is 0. The molecule has 0 radical (unpaired) electrons. The molecule has 0 fully saturated rings. The molecular formula is C60H46N2O2. The van der Waals surface area contributed by atoms with Gasteiger partial charge in [0, 0.05) is 33.5 Å². The van der Waals surface area contributed by atoms with Gasteiger partial charge in [-0.15, -0.1) is 0 Å². The second-order valence-electron chi connectivity index (χ2n) is 15.8. The fourth-order valence-corrected chi connectivity index (χ4v) is 8.47. The monoisotopic (exact) mass is 826 g/mol. The lowest BCUT2D eigenvalue weighted by atomic mass is 10.0. The van der Waals surface area contributed by atoms with Gasteiger partial charge in [0.2, 0.25) is 0 Å². The van der Waals surface area contributed by atoms with Gasteiger partial charge in [-0.3, -0.25) is 0 Å². The summed E-state index contributed by atoms with van der Waals surface area (Å²) in [6.45, 7) is 0. The predicted octanol–water partition coefficient (Wildman–Crippen LogP) is 16.4. The Morgan fingerprint density at radius 3 is 1.02 bits per heavy atom. The lowest BCUT2D eigenvalue weighted by Gasteiger charge is -2.27. The van der Waals surface area contributed by atoms with Crippen molar-refractivity contribution < 1.29 is 9.47 Å². The molecule has 0 bridgehead atoms. The number of rotatable bonds is 12. The second-order valence-corrected chi connectivity index (χ2v) is 15.8. The van der Waals surface area contributed by atoms with Crippen LogP contribution >= 0.6 is 0 Å². The standard InChI is InChI=1S/C60H46N2O2/c1-63-55-37-33-53(34-38-55)61(59-15-7-11-47-9-3-5-13-57(47)59)51-29-23-43(24-30-51)17-19-45-21-27-50-42-46(22-28-49(50)41-45)20-18-44-25-31-52(32-26-44)62(54-35-39-56(64-2)40-36-54)60-16-8-12-48-10-4-6-14-58(48)60/h3-42H,1-2H3. The molecule has 308 valence electrons. The van der Waals surface area contributed by atoms with Crippen molar-refractivity contribution in [3.05, 3.63) is 241 Å². The molecule has 4 heteroatoms. The highest BCUT2D eigenvalue weighted by Gasteiger charge is 2.17. The third kappa shape index (κ3) is 8.33. The number of nitrogens with zero attached hydrogens (tertiary/aromatic N) is 2. The zero-order valence-corrected chi connectivity index (χ0v) is 35.8. The smallest absolute Gasteiger partial charge is 0.119 e. The topological polar surface area (TPSA) is 24.9 Å². The van der Waals surface area contributed by atoms with E-state index in [1.807, 2.05) is 24.3 Å². The summed E-state index contributed by atoms with van der Waals surface area (Å²) in [6.07, 6.45) is 8.74. The molecule has 0 heterocycles. The lowest BCUT2D eigenvalue weighted by molar-refractivity contribution is 0.414. The molecule has 0 saturated carbocycles. The highest BCUT2D eigenvalue weighted by molar-refractivity contribution is 6.00. The second kappa shape index (κ2) is 17.9. The van der Waals surface area contributed by atoms with Gasteiger partial charge in [-0.05, 0) is 141 Å². The maximum atomic E-state index is 5.47. The molecule has 0 atom stereocenters. The maximum Gasteiger partial charge on any atom is 0.119 e. The molecular weight excluding hydrogens is 781 g/mol. The van der Waals surface area contributed by atoms with Gasteiger partial charge in [0.1, 0.15) is 11.5 Å². The molecule has 10 aromatic carbocycles. The highest BCUT2D eigenvalue weighted by Crippen LogP contribution is 2.41. The number of hydrogen-bond donors (Lipinski definition) is 0. The molecule has 64 heavy (non-hydrogen) atoms. The number of methoxy groups -OCH3 is 2. The van der Waals surface area contributed by atoms with Crippen molar-refractivity contribution in [3.63, 3.8) is 0 Å². The van der Waals surface area contributed by atoms with Crippen molar-refractivity contribution in [2.75, 3.05) is 24.0 Å².